The Kier molecular flexibility index (Phi) is 4.69. The third kappa shape index (κ3) is 4.06. The molecule has 0 saturated heterocycles. The van der Waals surface area contributed by atoms with Crippen LogP contribution < -0.4 is 11.1 Å². The molecule has 0 aliphatic rings. The Morgan fingerprint density at radius 2 is 2.00 bits per heavy atom. The number of halogens is 1. The van der Waals surface area contributed by atoms with Crippen molar-refractivity contribution in [2.45, 2.75) is 19.5 Å². The van der Waals surface area contributed by atoms with E-state index in [1.807, 2.05) is 0 Å². The molecule has 0 amide bonds. The molecule has 3 N–H and O–H groups in total. The maximum atomic E-state index is 5.50. The fourth-order valence-corrected chi connectivity index (χ4v) is 1.34. The third-order valence-electron chi connectivity index (χ3n) is 1.92. The highest BCUT2D eigenvalue weighted by molar-refractivity contribution is 14.1. The van der Waals surface area contributed by atoms with Gasteiger partial charge in [0, 0.05) is 22.7 Å². The van der Waals surface area contributed by atoms with E-state index in [9.17, 15) is 0 Å². The molecule has 3 heteroatoms. The van der Waals surface area contributed by atoms with Crippen molar-refractivity contribution in [1.29, 1.82) is 0 Å². The SMILES string of the molecule is C[C@@H](CN)NCc1ccc(I)cc1. The minimum atomic E-state index is 0.388. The monoisotopic (exact) mass is 290 g/mol. The largest absolute Gasteiger partial charge is 0.329 e. The first-order chi connectivity index (χ1) is 6.22. The van der Waals surface area contributed by atoms with Crippen molar-refractivity contribution >= 4 is 22.6 Å². The van der Waals surface area contributed by atoms with Crippen LogP contribution in [0.4, 0.5) is 0 Å². The lowest BCUT2D eigenvalue weighted by molar-refractivity contribution is 0.556. The summed E-state index contributed by atoms with van der Waals surface area (Å²) >= 11 is 2.31. The van der Waals surface area contributed by atoms with Crippen LogP contribution in [-0.4, -0.2) is 12.6 Å². The van der Waals surface area contributed by atoms with Gasteiger partial charge in [-0.3, -0.25) is 0 Å². The topological polar surface area (TPSA) is 38.0 Å². The van der Waals surface area contributed by atoms with Gasteiger partial charge in [0.2, 0.25) is 0 Å². The molecule has 1 atom stereocenters. The van der Waals surface area contributed by atoms with Crippen molar-refractivity contribution in [3.8, 4) is 0 Å². The molecule has 0 radical (unpaired) electrons. The molecule has 1 rings (SSSR count). The fraction of sp³-hybridized carbons (Fsp3) is 0.400. The minimum absolute atomic E-state index is 0.388. The average Bonchev–Trinajstić information content (AvgIpc) is 2.16. The predicted octanol–water partition coefficient (Wildman–Crippen LogP) is 1.73. The van der Waals surface area contributed by atoms with Gasteiger partial charge in [0.15, 0.2) is 0 Å². The van der Waals surface area contributed by atoms with Crippen LogP contribution >= 0.6 is 22.6 Å². The Bertz CT molecular complexity index is 246. The van der Waals surface area contributed by atoms with Gasteiger partial charge in [0.05, 0.1) is 0 Å². The van der Waals surface area contributed by atoms with Crippen LogP contribution in [0.3, 0.4) is 0 Å². The Morgan fingerprint density at radius 1 is 1.38 bits per heavy atom. The zero-order chi connectivity index (χ0) is 9.68. The zero-order valence-corrected chi connectivity index (χ0v) is 9.91. The van der Waals surface area contributed by atoms with Gasteiger partial charge in [-0.15, -0.1) is 0 Å². The van der Waals surface area contributed by atoms with Crippen molar-refractivity contribution in [2.24, 2.45) is 5.73 Å². The highest BCUT2D eigenvalue weighted by atomic mass is 127. The minimum Gasteiger partial charge on any atom is -0.329 e. The quantitative estimate of drug-likeness (QED) is 0.829. The highest BCUT2D eigenvalue weighted by Gasteiger charge is 1.97. The molecule has 13 heavy (non-hydrogen) atoms. The van der Waals surface area contributed by atoms with Gasteiger partial charge in [0.25, 0.3) is 0 Å². The van der Waals surface area contributed by atoms with E-state index in [2.05, 4.69) is 59.1 Å². The Hall–Kier alpha value is -0.130. The van der Waals surface area contributed by atoms with Crippen LogP contribution in [0.2, 0.25) is 0 Å². The molecule has 72 valence electrons. The third-order valence-corrected chi connectivity index (χ3v) is 2.64. The van der Waals surface area contributed by atoms with E-state index < -0.39 is 0 Å². The van der Waals surface area contributed by atoms with Crippen molar-refractivity contribution in [1.82, 2.24) is 5.32 Å². The molecule has 0 aliphatic heterocycles. The normalized spacial score (nSPS) is 12.8. The lowest BCUT2D eigenvalue weighted by Crippen LogP contribution is -2.32. The summed E-state index contributed by atoms with van der Waals surface area (Å²) in [4.78, 5) is 0. The second-order valence-corrected chi connectivity index (χ2v) is 4.39. The number of hydrogen-bond donors (Lipinski definition) is 2. The van der Waals surface area contributed by atoms with Crippen molar-refractivity contribution in [3.63, 3.8) is 0 Å². The summed E-state index contributed by atoms with van der Waals surface area (Å²) in [7, 11) is 0. The van der Waals surface area contributed by atoms with E-state index in [1.54, 1.807) is 0 Å². The van der Waals surface area contributed by atoms with E-state index in [1.165, 1.54) is 9.13 Å². The molecule has 1 aromatic rings. The molecule has 0 spiro atoms. The number of hydrogen-bond acceptors (Lipinski definition) is 2. The van der Waals surface area contributed by atoms with Crippen LogP contribution in [0.5, 0.6) is 0 Å². The van der Waals surface area contributed by atoms with E-state index in [0.717, 1.165) is 6.54 Å². The number of benzene rings is 1. The van der Waals surface area contributed by atoms with Crippen LogP contribution in [-0.2, 0) is 6.54 Å². The lowest BCUT2D eigenvalue weighted by atomic mass is 10.2. The van der Waals surface area contributed by atoms with Gasteiger partial charge >= 0.3 is 0 Å². The van der Waals surface area contributed by atoms with E-state index in [-0.39, 0.29) is 0 Å². The summed E-state index contributed by atoms with van der Waals surface area (Å²) in [5.41, 5.74) is 6.80. The lowest BCUT2D eigenvalue weighted by Gasteiger charge is -2.10. The van der Waals surface area contributed by atoms with Crippen LogP contribution in [0, 0.1) is 3.57 Å². The summed E-state index contributed by atoms with van der Waals surface area (Å²) in [5, 5.41) is 3.34. The maximum absolute atomic E-state index is 5.50. The van der Waals surface area contributed by atoms with Gasteiger partial charge in [-0.1, -0.05) is 12.1 Å². The molecule has 0 saturated carbocycles. The van der Waals surface area contributed by atoms with E-state index in [4.69, 9.17) is 5.73 Å². The fourth-order valence-electron chi connectivity index (χ4n) is 0.978. The Balaban J connectivity index is 2.41. The molecule has 0 unspecified atom stereocenters. The second-order valence-electron chi connectivity index (χ2n) is 3.14. The van der Waals surface area contributed by atoms with Gasteiger partial charge < -0.3 is 11.1 Å². The number of rotatable bonds is 4. The molecule has 1 aromatic carbocycles. The standard InChI is InChI=1S/C10H15IN2/c1-8(6-12)13-7-9-2-4-10(11)5-3-9/h2-5,8,13H,6-7,12H2,1H3/t8-/m0/s1. The van der Waals surface area contributed by atoms with Crippen molar-refractivity contribution < 1.29 is 0 Å². The summed E-state index contributed by atoms with van der Waals surface area (Å²) in [5.74, 6) is 0. The molecule has 0 aromatic heterocycles. The van der Waals surface area contributed by atoms with E-state index >= 15 is 0 Å². The average molecular weight is 290 g/mol. The van der Waals surface area contributed by atoms with Crippen molar-refractivity contribution in [3.05, 3.63) is 33.4 Å². The predicted molar refractivity (Wildman–Crippen MR) is 64.5 cm³/mol. The van der Waals surface area contributed by atoms with E-state index in [0.29, 0.717) is 12.6 Å². The molecular weight excluding hydrogens is 275 g/mol. The zero-order valence-electron chi connectivity index (χ0n) is 7.76. The first kappa shape index (κ1) is 10.9. The molecule has 0 heterocycles. The molecule has 0 bridgehead atoms. The van der Waals surface area contributed by atoms with Gasteiger partial charge in [-0.05, 0) is 47.2 Å². The van der Waals surface area contributed by atoms with Crippen LogP contribution in [0.15, 0.2) is 24.3 Å². The maximum Gasteiger partial charge on any atom is 0.0208 e. The van der Waals surface area contributed by atoms with Crippen LogP contribution in [0.25, 0.3) is 0 Å². The van der Waals surface area contributed by atoms with Gasteiger partial charge in [0.1, 0.15) is 0 Å². The highest BCUT2D eigenvalue weighted by Crippen LogP contribution is 2.06. The molecule has 0 aliphatic carbocycles. The Labute approximate surface area is 93.0 Å². The summed E-state index contributed by atoms with van der Waals surface area (Å²) < 4.78 is 1.27. The molecule has 0 fully saturated rings. The van der Waals surface area contributed by atoms with Gasteiger partial charge in [-0.25, -0.2) is 0 Å². The summed E-state index contributed by atoms with van der Waals surface area (Å²) in [6.07, 6.45) is 0. The molecule has 2 nitrogen and oxygen atoms in total. The first-order valence-electron chi connectivity index (χ1n) is 4.40. The van der Waals surface area contributed by atoms with Crippen LogP contribution in [0.1, 0.15) is 12.5 Å². The van der Waals surface area contributed by atoms with Crippen molar-refractivity contribution in [2.75, 3.05) is 6.54 Å². The second kappa shape index (κ2) is 5.57. The van der Waals surface area contributed by atoms with Gasteiger partial charge in [-0.2, -0.15) is 0 Å². The summed E-state index contributed by atoms with van der Waals surface area (Å²) in [6.45, 7) is 3.67. The Morgan fingerprint density at radius 3 is 2.54 bits per heavy atom. The summed E-state index contributed by atoms with van der Waals surface area (Å²) in [6, 6.07) is 8.89. The first-order valence-corrected chi connectivity index (χ1v) is 5.48. The molecular formula is C10H15IN2. The number of nitrogens with two attached hydrogens (primary N) is 1. The smallest absolute Gasteiger partial charge is 0.0208 e. The number of nitrogens with one attached hydrogen (secondary N) is 1.